The number of amides is 1. The van der Waals surface area contributed by atoms with Crippen LogP contribution in [0, 0.1) is 0 Å². The quantitative estimate of drug-likeness (QED) is 0.127. The Hall–Kier alpha value is -1.67. The summed E-state index contributed by atoms with van der Waals surface area (Å²) in [6, 6.07) is -1.39. The Labute approximate surface area is 207 Å². The molecule has 2 unspecified atom stereocenters. The van der Waals surface area contributed by atoms with E-state index in [0.29, 0.717) is 0 Å². The molecule has 34 heavy (non-hydrogen) atoms. The number of aliphatic carboxylic acids is 2. The van der Waals surface area contributed by atoms with Gasteiger partial charge in [-0.25, -0.2) is 0 Å². The van der Waals surface area contributed by atoms with Crippen LogP contribution >= 0.6 is 0 Å². The highest BCUT2D eigenvalue weighted by Gasteiger charge is 2.11. The predicted molar refractivity (Wildman–Crippen MR) is 139 cm³/mol. The molecule has 0 rings (SSSR count). The molecule has 0 aliphatic rings. The summed E-state index contributed by atoms with van der Waals surface area (Å²) in [6.07, 6.45) is 22.1. The van der Waals surface area contributed by atoms with Crippen LogP contribution in [0.2, 0.25) is 0 Å². The molecule has 202 valence electrons. The molecular weight excluding hydrogens is 434 g/mol. The van der Waals surface area contributed by atoms with Gasteiger partial charge in [0.25, 0.3) is 0 Å². The van der Waals surface area contributed by atoms with Gasteiger partial charge < -0.3 is 27.0 Å². The Morgan fingerprint density at radius 3 is 1.41 bits per heavy atom. The summed E-state index contributed by atoms with van der Waals surface area (Å²) in [5.41, 5.74) is 9.81. The second-order valence-corrected chi connectivity index (χ2v) is 9.27. The topological polar surface area (TPSA) is 156 Å². The summed E-state index contributed by atoms with van der Waals surface area (Å²) < 4.78 is 0. The van der Waals surface area contributed by atoms with Crippen molar-refractivity contribution >= 4 is 17.8 Å². The normalized spacial score (nSPS) is 12.4. The minimum atomic E-state index is -1.11. The SMILES string of the molecule is CCCCCCCCCCCCCCCCCCNC(C)C(=O)O.NC(=O)CCC(N)C(=O)O. The van der Waals surface area contributed by atoms with E-state index in [1.165, 1.54) is 96.3 Å². The van der Waals surface area contributed by atoms with E-state index in [9.17, 15) is 14.4 Å². The first kappa shape index (κ1) is 34.5. The van der Waals surface area contributed by atoms with Crippen LogP contribution < -0.4 is 16.8 Å². The fraction of sp³-hybridized carbons (Fsp3) is 0.885. The van der Waals surface area contributed by atoms with Crippen LogP contribution in [0.4, 0.5) is 0 Å². The van der Waals surface area contributed by atoms with E-state index in [2.05, 4.69) is 12.2 Å². The van der Waals surface area contributed by atoms with Gasteiger partial charge in [-0.15, -0.1) is 0 Å². The number of carbonyl (C=O) groups excluding carboxylic acids is 1. The number of carboxylic acids is 2. The van der Waals surface area contributed by atoms with Gasteiger partial charge in [0.1, 0.15) is 12.1 Å². The van der Waals surface area contributed by atoms with E-state index in [-0.39, 0.29) is 12.8 Å². The highest BCUT2D eigenvalue weighted by molar-refractivity contribution is 5.77. The highest BCUT2D eigenvalue weighted by Crippen LogP contribution is 2.13. The molecule has 0 aromatic heterocycles. The fourth-order valence-corrected chi connectivity index (χ4v) is 3.50. The van der Waals surface area contributed by atoms with Crippen molar-refractivity contribution in [2.45, 2.75) is 142 Å². The number of unbranched alkanes of at least 4 members (excludes halogenated alkanes) is 15. The molecule has 1 amide bonds. The smallest absolute Gasteiger partial charge is 0.320 e. The van der Waals surface area contributed by atoms with E-state index in [1.54, 1.807) is 6.92 Å². The zero-order chi connectivity index (χ0) is 26.0. The van der Waals surface area contributed by atoms with E-state index in [4.69, 9.17) is 21.7 Å². The van der Waals surface area contributed by atoms with Gasteiger partial charge in [-0.3, -0.25) is 14.4 Å². The summed E-state index contributed by atoms with van der Waals surface area (Å²) in [5.74, 6) is -2.40. The first-order valence-corrected chi connectivity index (χ1v) is 13.4. The number of nitrogens with two attached hydrogens (primary N) is 2. The van der Waals surface area contributed by atoms with Gasteiger partial charge in [-0.05, 0) is 26.3 Å². The lowest BCUT2D eigenvalue weighted by Crippen LogP contribution is -2.34. The molecule has 7 N–H and O–H groups in total. The lowest BCUT2D eigenvalue weighted by atomic mass is 10.0. The van der Waals surface area contributed by atoms with Crippen LogP contribution in [0.25, 0.3) is 0 Å². The van der Waals surface area contributed by atoms with Gasteiger partial charge in [-0.2, -0.15) is 0 Å². The van der Waals surface area contributed by atoms with E-state index in [0.717, 1.165) is 13.0 Å². The summed E-state index contributed by atoms with van der Waals surface area (Å²) >= 11 is 0. The van der Waals surface area contributed by atoms with Gasteiger partial charge in [0.15, 0.2) is 0 Å². The molecule has 0 saturated heterocycles. The van der Waals surface area contributed by atoms with Gasteiger partial charge >= 0.3 is 11.9 Å². The molecule has 8 nitrogen and oxygen atoms in total. The fourth-order valence-electron chi connectivity index (χ4n) is 3.50. The largest absolute Gasteiger partial charge is 0.480 e. The molecule has 0 heterocycles. The zero-order valence-electron chi connectivity index (χ0n) is 21.9. The third-order valence-corrected chi connectivity index (χ3v) is 5.87. The molecule has 0 aliphatic carbocycles. The molecule has 0 bridgehead atoms. The van der Waals surface area contributed by atoms with Crippen LogP contribution in [0.15, 0.2) is 0 Å². The third kappa shape index (κ3) is 28.4. The lowest BCUT2D eigenvalue weighted by molar-refractivity contribution is -0.139. The number of carbonyl (C=O) groups is 3. The Morgan fingerprint density at radius 2 is 1.09 bits per heavy atom. The Kier molecular flexibility index (Phi) is 26.3. The maximum absolute atomic E-state index is 10.6. The van der Waals surface area contributed by atoms with Crippen LogP contribution in [-0.2, 0) is 14.4 Å². The summed E-state index contributed by atoms with van der Waals surface area (Å²) in [5, 5.41) is 20.0. The standard InChI is InChI=1S/C21H43NO2.C5H10N2O3/c1-3-4-5-6-7-8-9-10-11-12-13-14-15-16-17-18-19-22-20(2)21(23)24;6-3(5(9)10)1-2-4(7)8/h20,22H,3-19H2,1-2H3,(H,23,24);3H,1-2,6H2,(H2,7,8)(H,9,10). The van der Waals surface area contributed by atoms with Crippen molar-refractivity contribution in [3.8, 4) is 0 Å². The van der Waals surface area contributed by atoms with Crippen LogP contribution in [0.3, 0.4) is 0 Å². The second kappa shape index (κ2) is 25.9. The number of carboxylic acid groups (broad SMARTS) is 2. The molecule has 0 radical (unpaired) electrons. The van der Waals surface area contributed by atoms with Gasteiger partial charge in [0.05, 0.1) is 0 Å². The number of rotatable bonds is 23. The van der Waals surface area contributed by atoms with Crippen molar-refractivity contribution in [3.05, 3.63) is 0 Å². The van der Waals surface area contributed by atoms with Gasteiger partial charge in [0.2, 0.25) is 5.91 Å². The number of hydrogen-bond donors (Lipinski definition) is 5. The molecular formula is C26H53N3O5. The third-order valence-electron chi connectivity index (χ3n) is 5.87. The van der Waals surface area contributed by atoms with E-state index in [1.807, 2.05) is 0 Å². The van der Waals surface area contributed by atoms with Crippen LogP contribution in [0.1, 0.15) is 129 Å². The molecule has 0 aromatic rings. The van der Waals surface area contributed by atoms with Crippen molar-refractivity contribution in [2.75, 3.05) is 6.54 Å². The highest BCUT2D eigenvalue weighted by atomic mass is 16.4. The Morgan fingerprint density at radius 1 is 0.706 bits per heavy atom. The number of primary amides is 1. The molecule has 0 saturated carbocycles. The Bertz CT molecular complexity index is 503. The minimum absolute atomic E-state index is 0.0213. The average Bonchev–Trinajstić information content (AvgIpc) is 2.79. The summed E-state index contributed by atoms with van der Waals surface area (Å²) in [4.78, 5) is 30.8. The number of nitrogens with one attached hydrogen (secondary N) is 1. The minimum Gasteiger partial charge on any atom is -0.480 e. The number of hydrogen-bond acceptors (Lipinski definition) is 5. The summed E-state index contributed by atoms with van der Waals surface area (Å²) in [7, 11) is 0. The second-order valence-electron chi connectivity index (χ2n) is 9.27. The monoisotopic (exact) mass is 487 g/mol. The predicted octanol–water partition coefficient (Wildman–Crippen LogP) is 4.97. The average molecular weight is 488 g/mol. The van der Waals surface area contributed by atoms with Crippen molar-refractivity contribution in [2.24, 2.45) is 11.5 Å². The van der Waals surface area contributed by atoms with Gasteiger partial charge in [-0.1, -0.05) is 103 Å². The van der Waals surface area contributed by atoms with Crippen molar-refractivity contribution in [1.29, 1.82) is 0 Å². The lowest BCUT2D eigenvalue weighted by Gasteiger charge is -2.08. The Balaban J connectivity index is 0. The maximum atomic E-state index is 10.6. The molecule has 0 spiro atoms. The first-order chi connectivity index (χ1) is 16.2. The van der Waals surface area contributed by atoms with Crippen LogP contribution in [0.5, 0.6) is 0 Å². The molecule has 0 aromatic carbocycles. The van der Waals surface area contributed by atoms with Gasteiger partial charge in [0, 0.05) is 6.42 Å². The van der Waals surface area contributed by atoms with Crippen molar-refractivity contribution in [1.82, 2.24) is 5.32 Å². The maximum Gasteiger partial charge on any atom is 0.320 e. The molecule has 2 atom stereocenters. The first-order valence-electron chi connectivity index (χ1n) is 13.4. The summed E-state index contributed by atoms with van der Waals surface area (Å²) in [6.45, 7) is 4.81. The van der Waals surface area contributed by atoms with Crippen molar-refractivity contribution < 1.29 is 24.6 Å². The molecule has 8 heteroatoms. The van der Waals surface area contributed by atoms with Crippen molar-refractivity contribution in [3.63, 3.8) is 0 Å². The van der Waals surface area contributed by atoms with E-state index < -0.39 is 29.9 Å². The molecule has 0 aliphatic heterocycles. The van der Waals surface area contributed by atoms with Crippen LogP contribution in [-0.4, -0.2) is 46.7 Å². The van der Waals surface area contributed by atoms with E-state index >= 15 is 0 Å². The zero-order valence-corrected chi connectivity index (χ0v) is 21.9. The molecule has 0 fully saturated rings.